The predicted molar refractivity (Wildman–Crippen MR) is 96.5 cm³/mol. The average Bonchev–Trinajstić information content (AvgIpc) is 2.68. The summed E-state index contributed by atoms with van der Waals surface area (Å²) in [5.41, 5.74) is 2.24. The van der Waals surface area contributed by atoms with Gasteiger partial charge in [0.1, 0.15) is 5.69 Å². The van der Waals surface area contributed by atoms with Gasteiger partial charge in [-0.25, -0.2) is 9.78 Å². The molecular weight excluding hydrogens is 332 g/mol. The molecule has 0 bridgehead atoms. The van der Waals surface area contributed by atoms with Gasteiger partial charge in [0.15, 0.2) is 0 Å². The fraction of sp³-hybridized carbons (Fsp3) is 0.0556. The van der Waals surface area contributed by atoms with Gasteiger partial charge in [0.25, 0.3) is 5.91 Å². The number of hydrogen-bond acceptors (Lipinski definition) is 5. The summed E-state index contributed by atoms with van der Waals surface area (Å²) < 4.78 is 0. The normalized spacial score (nSPS) is 10.0. The van der Waals surface area contributed by atoms with Crippen molar-refractivity contribution in [3.8, 4) is 0 Å². The maximum absolute atomic E-state index is 12.1. The molecule has 2 aromatic heterocycles. The summed E-state index contributed by atoms with van der Waals surface area (Å²) in [5.74, 6) is -0.377. The second kappa shape index (κ2) is 8.34. The minimum Gasteiger partial charge on any atom is -0.334 e. The van der Waals surface area contributed by atoms with Crippen LogP contribution in [0.15, 0.2) is 67.4 Å². The Hall–Kier alpha value is -3.81. The third-order valence-corrected chi connectivity index (χ3v) is 3.38. The monoisotopic (exact) mass is 348 g/mol. The van der Waals surface area contributed by atoms with Crippen LogP contribution in [0.1, 0.15) is 16.1 Å². The van der Waals surface area contributed by atoms with Gasteiger partial charge in [-0.15, -0.1) is 0 Å². The molecule has 3 N–H and O–H groups in total. The van der Waals surface area contributed by atoms with Crippen molar-refractivity contribution in [1.82, 2.24) is 20.3 Å². The number of anilines is 2. The maximum Gasteiger partial charge on any atom is 0.319 e. The van der Waals surface area contributed by atoms with E-state index >= 15 is 0 Å². The van der Waals surface area contributed by atoms with Crippen LogP contribution < -0.4 is 16.0 Å². The zero-order valence-corrected chi connectivity index (χ0v) is 13.7. The number of carbonyl (C=O) groups is 2. The van der Waals surface area contributed by atoms with Gasteiger partial charge in [-0.05, 0) is 35.9 Å². The lowest BCUT2D eigenvalue weighted by Gasteiger charge is -2.10. The number of nitrogens with zero attached hydrogens (tertiary/aromatic N) is 3. The lowest BCUT2D eigenvalue weighted by Crippen LogP contribution is -2.28. The SMILES string of the molecule is O=C(NCc1ccncc1)Nc1cccc(NC(=O)c2cnccn2)c1. The molecule has 0 saturated carbocycles. The van der Waals surface area contributed by atoms with Crippen molar-refractivity contribution in [2.24, 2.45) is 0 Å². The van der Waals surface area contributed by atoms with Gasteiger partial charge in [0.2, 0.25) is 0 Å². The Kier molecular flexibility index (Phi) is 5.46. The van der Waals surface area contributed by atoms with E-state index in [1.165, 1.54) is 18.6 Å². The lowest BCUT2D eigenvalue weighted by molar-refractivity contribution is 0.102. The van der Waals surface area contributed by atoms with Crippen molar-refractivity contribution >= 4 is 23.3 Å². The molecule has 3 amide bonds. The van der Waals surface area contributed by atoms with E-state index in [-0.39, 0.29) is 17.6 Å². The molecule has 0 fully saturated rings. The molecule has 0 unspecified atom stereocenters. The van der Waals surface area contributed by atoms with Crippen molar-refractivity contribution in [2.45, 2.75) is 6.54 Å². The number of aromatic nitrogens is 3. The first-order valence-corrected chi connectivity index (χ1v) is 7.82. The number of carbonyl (C=O) groups excluding carboxylic acids is 2. The molecule has 130 valence electrons. The largest absolute Gasteiger partial charge is 0.334 e. The molecule has 1 aromatic carbocycles. The third-order valence-electron chi connectivity index (χ3n) is 3.38. The van der Waals surface area contributed by atoms with E-state index < -0.39 is 0 Å². The molecule has 3 aromatic rings. The summed E-state index contributed by atoms with van der Waals surface area (Å²) in [5, 5.41) is 8.18. The fourth-order valence-electron chi connectivity index (χ4n) is 2.14. The molecule has 8 heteroatoms. The summed E-state index contributed by atoms with van der Waals surface area (Å²) in [6, 6.07) is 10.1. The molecule has 0 aliphatic heterocycles. The summed E-state index contributed by atoms with van der Waals surface area (Å²) in [6.07, 6.45) is 7.65. The second-order valence-corrected chi connectivity index (χ2v) is 5.29. The molecule has 2 heterocycles. The van der Waals surface area contributed by atoms with E-state index in [0.29, 0.717) is 17.9 Å². The van der Waals surface area contributed by atoms with Crippen molar-refractivity contribution in [1.29, 1.82) is 0 Å². The summed E-state index contributed by atoms with van der Waals surface area (Å²) in [7, 11) is 0. The van der Waals surface area contributed by atoms with Gasteiger partial charge >= 0.3 is 6.03 Å². The predicted octanol–water partition coefficient (Wildman–Crippen LogP) is 2.45. The standard InChI is InChI=1S/C18H16N6O2/c25-17(16-12-20-8-9-21-16)23-14-2-1-3-15(10-14)24-18(26)22-11-13-4-6-19-7-5-13/h1-10,12H,11H2,(H,23,25)(H2,22,24,26). The summed E-state index contributed by atoms with van der Waals surface area (Å²) >= 11 is 0. The van der Waals surface area contributed by atoms with Crippen LogP contribution in [0.3, 0.4) is 0 Å². The number of rotatable bonds is 5. The second-order valence-electron chi connectivity index (χ2n) is 5.29. The van der Waals surface area contributed by atoms with Crippen molar-refractivity contribution in [2.75, 3.05) is 10.6 Å². The smallest absolute Gasteiger partial charge is 0.319 e. The van der Waals surface area contributed by atoms with Crippen molar-refractivity contribution < 1.29 is 9.59 Å². The molecule has 0 atom stereocenters. The van der Waals surface area contributed by atoms with Crippen LogP contribution in [0.2, 0.25) is 0 Å². The molecule has 0 saturated heterocycles. The Morgan fingerprint density at radius 3 is 2.38 bits per heavy atom. The zero-order valence-electron chi connectivity index (χ0n) is 13.7. The first-order valence-electron chi connectivity index (χ1n) is 7.82. The highest BCUT2D eigenvalue weighted by atomic mass is 16.2. The van der Waals surface area contributed by atoms with Gasteiger partial charge in [-0.3, -0.25) is 14.8 Å². The van der Waals surface area contributed by atoms with Crippen LogP contribution in [0.4, 0.5) is 16.2 Å². The van der Waals surface area contributed by atoms with Gasteiger partial charge in [0, 0.05) is 42.7 Å². The fourth-order valence-corrected chi connectivity index (χ4v) is 2.14. The van der Waals surface area contributed by atoms with Gasteiger partial charge in [-0.1, -0.05) is 6.07 Å². The van der Waals surface area contributed by atoms with Crippen LogP contribution in [0.5, 0.6) is 0 Å². The van der Waals surface area contributed by atoms with Crippen LogP contribution in [0, 0.1) is 0 Å². The lowest BCUT2D eigenvalue weighted by atomic mass is 10.2. The molecule has 3 rings (SSSR count). The van der Waals surface area contributed by atoms with Crippen molar-refractivity contribution in [3.63, 3.8) is 0 Å². The van der Waals surface area contributed by atoms with E-state index in [2.05, 4.69) is 30.9 Å². The molecule has 0 aliphatic rings. The Labute approximate surface area is 149 Å². The van der Waals surface area contributed by atoms with E-state index in [1.807, 2.05) is 12.1 Å². The topological polar surface area (TPSA) is 109 Å². The molecule has 0 radical (unpaired) electrons. The van der Waals surface area contributed by atoms with Crippen molar-refractivity contribution in [3.05, 3.63) is 78.6 Å². The molecule has 0 spiro atoms. The molecule has 26 heavy (non-hydrogen) atoms. The number of amides is 3. The Balaban J connectivity index is 1.57. The molecule has 0 aliphatic carbocycles. The summed E-state index contributed by atoms with van der Waals surface area (Å²) in [6.45, 7) is 0.386. The summed E-state index contributed by atoms with van der Waals surface area (Å²) in [4.78, 5) is 35.8. The minimum atomic E-state index is -0.377. The number of pyridine rings is 1. The quantitative estimate of drug-likeness (QED) is 0.656. The molecule has 8 nitrogen and oxygen atoms in total. The van der Waals surface area contributed by atoms with Gasteiger partial charge in [-0.2, -0.15) is 0 Å². The first-order chi connectivity index (χ1) is 12.7. The average molecular weight is 348 g/mol. The van der Waals surface area contributed by atoms with E-state index in [1.54, 1.807) is 36.7 Å². The van der Waals surface area contributed by atoms with E-state index in [9.17, 15) is 9.59 Å². The highest BCUT2D eigenvalue weighted by Crippen LogP contribution is 2.15. The Morgan fingerprint density at radius 2 is 1.65 bits per heavy atom. The Morgan fingerprint density at radius 1 is 0.885 bits per heavy atom. The van der Waals surface area contributed by atoms with E-state index in [4.69, 9.17) is 0 Å². The number of nitrogens with one attached hydrogen (secondary N) is 3. The van der Waals surface area contributed by atoms with Crippen LogP contribution in [-0.4, -0.2) is 26.9 Å². The van der Waals surface area contributed by atoms with E-state index in [0.717, 1.165) is 5.56 Å². The minimum absolute atomic E-state index is 0.209. The number of hydrogen-bond donors (Lipinski definition) is 3. The highest BCUT2D eigenvalue weighted by molar-refractivity contribution is 6.03. The maximum atomic E-state index is 12.1. The zero-order chi connectivity index (χ0) is 18.2. The van der Waals surface area contributed by atoms with Crippen LogP contribution in [-0.2, 0) is 6.54 Å². The number of benzene rings is 1. The van der Waals surface area contributed by atoms with Crippen LogP contribution in [0.25, 0.3) is 0 Å². The third kappa shape index (κ3) is 4.84. The van der Waals surface area contributed by atoms with Gasteiger partial charge < -0.3 is 16.0 Å². The molecular formula is C18H16N6O2. The highest BCUT2D eigenvalue weighted by Gasteiger charge is 2.08. The first kappa shape index (κ1) is 17.0. The van der Waals surface area contributed by atoms with Crippen LogP contribution >= 0.6 is 0 Å². The Bertz CT molecular complexity index is 886. The number of urea groups is 1. The van der Waals surface area contributed by atoms with Gasteiger partial charge in [0.05, 0.1) is 6.20 Å².